The van der Waals surface area contributed by atoms with Gasteiger partial charge in [0, 0.05) is 24.2 Å². The number of rotatable bonds is 4. The van der Waals surface area contributed by atoms with Crippen LogP contribution in [0.3, 0.4) is 0 Å². The minimum atomic E-state index is 0.0409. The molecule has 0 bridgehead atoms. The van der Waals surface area contributed by atoms with Crippen molar-refractivity contribution in [2.75, 3.05) is 6.61 Å². The average Bonchev–Trinajstić information content (AvgIpc) is 2.53. The Labute approximate surface area is 120 Å². The predicted molar refractivity (Wildman–Crippen MR) is 81.5 cm³/mol. The standard InChI is InChI=1S/C17H22N2O/c18-16(10-9-14-7-1-2-12-20-14)15-8-3-5-13-6-4-11-19-17(13)15/h3-6,8,11,14,16H,1-2,7,9-10,12,18H2. The summed E-state index contributed by atoms with van der Waals surface area (Å²) in [6.45, 7) is 0.912. The molecule has 1 aliphatic rings. The van der Waals surface area contributed by atoms with Gasteiger partial charge >= 0.3 is 0 Å². The fourth-order valence-corrected chi connectivity index (χ4v) is 2.98. The number of nitrogens with zero attached hydrogens (tertiary/aromatic N) is 1. The number of hydrogen-bond acceptors (Lipinski definition) is 3. The minimum Gasteiger partial charge on any atom is -0.378 e. The van der Waals surface area contributed by atoms with E-state index in [0.29, 0.717) is 6.10 Å². The zero-order chi connectivity index (χ0) is 13.8. The molecule has 106 valence electrons. The van der Waals surface area contributed by atoms with Crippen molar-refractivity contribution in [3.8, 4) is 0 Å². The van der Waals surface area contributed by atoms with Crippen molar-refractivity contribution >= 4 is 10.9 Å². The second-order valence-corrected chi connectivity index (χ2v) is 5.59. The molecule has 2 heterocycles. The summed E-state index contributed by atoms with van der Waals surface area (Å²) in [4.78, 5) is 4.49. The highest BCUT2D eigenvalue weighted by Gasteiger charge is 2.17. The Balaban J connectivity index is 1.70. The van der Waals surface area contributed by atoms with Gasteiger partial charge in [0.25, 0.3) is 0 Å². The molecule has 0 spiro atoms. The molecule has 3 nitrogen and oxygen atoms in total. The Hall–Kier alpha value is -1.45. The molecule has 0 aliphatic carbocycles. The molecule has 2 unspecified atom stereocenters. The molecule has 3 rings (SSSR count). The lowest BCUT2D eigenvalue weighted by Gasteiger charge is -2.24. The van der Waals surface area contributed by atoms with E-state index in [-0.39, 0.29) is 6.04 Å². The topological polar surface area (TPSA) is 48.1 Å². The molecule has 2 N–H and O–H groups in total. The van der Waals surface area contributed by atoms with Crippen LogP contribution < -0.4 is 5.73 Å². The molecule has 20 heavy (non-hydrogen) atoms. The van der Waals surface area contributed by atoms with E-state index in [1.165, 1.54) is 19.3 Å². The third-order valence-electron chi connectivity index (χ3n) is 4.14. The number of hydrogen-bond donors (Lipinski definition) is 1. The number of pyridine rings is 1. The van der Waals surface area contributed by atoms with Crippen LogP contribution in [0.5, 0.6) is 0 Å². The van der Waals surface area contributed by atoms with Crippen molar-refractivity contribution in [2.24, 2.45) is 5.73 Å². The number of aromatic nitrogens is 1. The summed E-state index contributed by atoms with van der Waals surface area (Å²) in [5.41, 5.74) is 8.57. The molecule has 1 saturated heterocycles. The van der Waals surface area contributed by atoms with Gasteiger partial charge in [0.05, 0.1) is 11.6 Å². The van der Waals surface area contributed by atoms with Crippen LogP contribution in [0.4, 0.5) is 0 Å². The molecule has 0 amide bonds. The van der Waals surface area contributed by atoms with Crippen LogP contribution in [0.15, 0.2) is 36.5 Å². The van der Waals surface area contributed by atoms with Crippen molar-refractivity contribution in [1.82, 2.24) is 4.98 Å². The number of benzene rings is 1. The van der Waals surface area contributed by atoms with E-state index < -0.39 is 0 Å². The van der Waals surface area contributed by atoms with Gasteiger partial charge in [0.1, 0.15) is 0 Å². The van der Waals surface area contributed by atoms with Crippen LogP contribution in [0.1, 0.15) is 43.7 Å². The maximum atomic E-state index is 6.38. The molecular formula is C17H22N2O. The lowest BCUT2D eigenvalue weighted by Crippen LogP contribution is -2.21. The van der Waals surface area contributed by atoms with Gasteiger partial charge in [-0.3, -0.25) is 4.98 Å². The number of para-hydroxylation sites is 1. The first-order chi connectivity index (χ1) is 9.84. The summed E-state index contributed by atoms with van der Waals surface area (Å²) < 4.78 is 5.78. The summed E-state index contributed by atoms with van der Waals surface area (Å²) in [6.07, 6.45) is 7.91. The fraction of sp³-hybridized carbons (Fsp3) is 0.471. The number of fused-ring (bicyclic) bond motifs is 1. The summed E-state index contributed by atoms with van der Waals surface area (Å²) in [6, 6.07) is 10.3. The summed E-state index contributed by atoms with van der Waals surface area (Å²) in [5, 5.41) is 1.16. The van der Waals surface area contributed by atoms with Gasteiger partial charge in [0.15, 0.2) is 0 Å². The van der Waals surface area contributed by atoms with Crippen LogP contribution in [0.25, 0.3) is 10.9 Å². The van der Waals surface area contributed by atoms with E-state index in [1.807, 2.05) is 12.3 Å². The van der Waals surface area contributed by atoms with E-state index in [9.17, 15) is 0 Å². The minimum absolute atomic E-state index is 0.0409. The first-order valence-electron chi connectivity index (χ1n) is 7.55. The molecule has 0 saturated carbocycles. The quantitative estimate of drug-likeness (QED) is 0.923. The largest absolute Gasteiger partial charge is 0.378 e. The normalized spacial score (nSPS) is 20.9. The zero-order valence-electron chi connectivity index (χ0n) is 11.8. The monoisotopic (exact) mass is 270 g/mol. The highest BCUT2D eigenvalue weighted by atomic mass is 16.5. The van der Waals surface area contributed by atoms with Crippen molar-refractivity contribution in [3.05, 3.63) is 42.1 Å². The molecule has 1 fully saturated rings. The third kappa shape index (κ3) is 3.00. The van der Waals surface area contributed by atoms with Crippen LogP contribution in [-0.4, -0.2) is 17.7 Å². The van der Waals surface area contributed by atoms with Crippen LogP contribution in [0, 0.1) is 0 Å². The summed E-state index contributed by atoms with van der Waals surface area (Å²) in [7, 11) is 0. The highest BCUT2D eigenvalue weighted by molar-refractivity contribution is 5.81. The molecule has 3 heteroatoms. The molecule has 1 aromatic heterocycles. The molecule has 2 atom stereocenters. The third-order valence-corrected chi connectivity index (χ3v) is 4.14. The Kier molecular flexibility index (Phi) is 4.28. The first kappa shape index (κ1) is 13.5. The van der Waals surface area contributed by atoms with Gasteiger partial charge in [-0.1, -0.05) is 24.3 Å². The van der Waals surface area contributed by atoms with Crippen molar-refractivity contribution in [1.29, 1.82) is 0 Å². The van der Waals surface area contributed by atoms with Crippen molar-refractivity contribution < 1.29 is 4.74 Å². The number of ether oxygens (including phenoxy) is 1. The van der Waals surface area contributed by atoms with E-state index >= 15 is 0 Å². The first-order valence-corrected chi connectivity index (χ1v) is 7.55. The van der Waals surface area contributed by atoms with Crippen LogP contribution >= 0.6 is 0 Å². The smallest absolute Gasteiger partial charge is 0.0749 e. The SMILES string of the molecule is NC(CCC1CCCCO1)c1cccc2cccnc12. The van der Waals surface area contributed by atoms with Crippen LogP contribution in [0.2, 0.25) is 0 Å². The predicted octanol–water partition coefficient (Wildman–Crippen LogP) is 3.58. The van der Waals surface area contributed by atoms with Gasteiger partial charge in [0.2, 0.25) is 0 Å². The van der Waals surface area contributed by atoms with E-state index in [1.54, 1.807) is 0 Å². The zero-order valence-corrected chi connectivity index (χ0v) is 11.8. The van der Waals surface area contributed by atoms with E-state index in [0.717, 1.165) is 35.9 Å². The second-order valence-electron chi connectivity index (χ2n) is 5.59. The Morgan fingerprint density at radius 2 is 2.15 bits per heavy atom. The lowest BCUT2D eigenvalue weighted by molar-refractivity contribution is 0.00914. The van der Waals surface area contributed by atoms with E-state index in [2.05, 4.69) is 29.2 Å². The second kappa shape index (κ2) is 6.33. The Morgan fingerprint density at radius 1 is 1.25 bits per heavy atom. The Morgan fingerprint density at radius 3 is 3.00 bits per heavy atom. The maximum Gasteiger partial charge on any atom is 0.0749 e. The van der Waals surface area contributed by atoms with Crippen molar-refractivity contribution in [2.45, 2.75) is 44.2 Å². The summed E-state index contributed by atoms with van der Waals surface area (Å²) in [5.74, 6) is 0. The fourth-order valence-electron chi connectivity index (χ4n) is 2.98. The molecule has 1 aliphatic heterocycles. The van der Waals surface area contributed by atoms with Crippen molar-refractivity contribution in [3.63, 3.8) is 0 Å². The highest BCUT2D eigenvalue weighted by Crippen LogP contribution is 2.26. The molecule has 1 aromatic carbocycles. The van der Waals surface area contributed by atoms with Gasteiger partial charge < -0.3 is 10.5 Å². The number of nitrogens with two attached hydrogens (primary N) is 1. The van der Waals surface area contributed by atoms with Gasteiger partial charge in [-0.25, -0.2) is 0 Å². The molecule has 2 aromatic rings. The van der Waals surface area contributed by atoms with E-state index in [4.69, 9.17) is 10.5 Å². The lowest BCUT2D eigenvalue weighted by atomic mass is 9.96. The van der Waals surface area contributed by atoms with Gasteiger partial charge in [-0.05, 0) is 43.7 Å². The van der Waals surface area contributed by atoms with Crippen LogP contribution in [-0.2, 0) is 4.74 Å². The Bertz CT molecular complexity index is 558. The average molecular weight is 270 g/mol. The molecular weight excluding hydrogens is 248 g/mol. The van der Waals surface area contributed by atoms with Gasteiger partial charge in [-0.15, -0.1) is 0 Å². The molecule has 0 radical (unpaired) electrons. The maximum absolute atomic E-state index is 6.38. The van der Waals surface area contributed by atoms with Gasteiger partial charge in [-0.2, -0.15) is 0 Å². The summed E-state index contributed by atoms with van der Waals surface area (Å²) >= 11 is 0.